The Morgan fingerprint density at radius 2 is 1.82 bits per heavy atom. The standard InChI is InChI=1S/C21H28N4O2S/c1-21(2,3)17-13-18(25-11-9-24(4)10-12-25)23-20(22-17)28-14-15-5-7-16(8-6-15)19(26)27/h5-8,13H,9-12,14H2,1-4H3,(H,26,27). The molecule has 0 radical (unpaired) electrons. The number of benzene rings is 1. The predicted octanol–water partition coefficient (Wildman–Crippen LogP) is 0.765. The molecule has 0 bridgehead atoms. The fraction of sp³-hybridized carbons (Fsp3) is 0.476. The fourth-order valence-corrected chi connectivity index (χ4v) is 3.84. The Morgan fingerprint density at radius 3 is 2.39 bits per heavy atom. The molecule has 1 saturated heterocycles. The van der Waals surface area contributed by atoms with Gasteiger partial charge in [0, 0.05) is 17.2 Å². The molecule has 28 heavy (non-hydrogen) atoms. The van der Waals surface area contributed by atoms with E-state index in [1.54, 1.807) is 28.8 Å². The Balaban J connectivity index is 1.79. The summed E-state index contributed by atoms with van der Waals surface area (Å²) in [5, 5.41) is 11.7. The Hall–Kier alpha value is -2.12. The number of thioether (sulfide) groups is 1. The number of carboxylic acids is 1. The number of nitrogens with zero attached hydrogens (tertiary/aromatic N) is 3. The Morgan fingerprint density at radius 1 is 1.18 bits per heavy atom. The molecule has 0 unspecified atom stereocenters. The van der Waals surface area contributed by atoms with Crippen molar-refractivity contribution in [3.8, 4) is 0 Å². The topological polar surface area (TPSA) is 73.6 Å². The number of likely N-dealkylation sites (N-methyl/N-ethyl adjacent to an activating group) is 1. The summed E-state index contributed by atoms with van der Waals surface area (Å²) in [4.78, 5) is 24.4. The second-order valence-electron chi connectivity index (χ2n) is 8.36. The fourth-order valence-electron chi connectivity index (χ4n) is 3.03. The van der Waals surface area contributed by atoms with Crippen LogP contribution in [0.5, 0.6) is 0 Å². The third-order valence-corrected chi connectivity index (χ3v) is 5.88. The summed E-state index contributed by atoms with van der Waals surface area (Å²) in [6.07, 6.45) is 0. The lowest BCUT2D eigenvalue weighted by molar-refractivity contribution is -0.880. The molecule has 1 aromatic carbocycles. The molecule has 1 aliphatic rings. The van der Waals surface area contributed by atoms with Gasteiger partial charge in [-0.1, -0.05) is 56.8 Å². The first kappa shape index (κ1) is 20.6. The summed E-state index contributed by atoms with van der Waals surface area (Å²) < 4.78 is 0. The summed E-state index contributed by atoms with van der Waals surface area (Å²) in [5.41, 5.74) is 2.21. The number of nitrogens with one attached hydrogen (secondary N) is 1. The van der Waals surface area contributed by atoms with Crippen LogP contribution in [0.15, 0.2) is 35.5 Å². The summed E-state index contributed by atoms with van der Waals surface area (Å²) in [7, 11) is 2.23. The number of hydrogen-bond donors (Lipinski definition) is 1. The molecule has 2 aromatic rings. The number of aromatic carboxylic acids is 1. The first-order chi connectivity index (χ1) is 13.2. The molecule has 3 rings (SSSR count). The summed E-state index contributed by atoms with van der Waals surface area (Å²) >= 11 is 1.58. The van der Waals surface area contributed by atoms with Crippen LogP contribution >= 0.6 is 11.8 Å². The molecule has 6 nitrogen and oxygen atoms in total. The smallest absolute Gasteiger partial charge is 0.190 e. The lowest BCUT2D eigenvalue weighted by atomic mass is 9.92. The van der Waals surface area contributed by atoms with Crippen LogP contribution < -0.4 is 14.9 Å². The average Bonchev–Trinajstić information content (AvgIpc) is 2.66. The maximum Gasteiger partial charge on any atom is 0.190 e. The maximum atomic E-state index is 10.9. The van der Waals surface area contributed by atoms with Crippen molar-refractivity contribution < 1.29 is 14.8 Å². The van der Waals surface area contributed by atoms with Crippen LogP contribution in [0.2, 0.25) is 0 Å². The van der Waals surface area contributed by atoms with Crippen molar-refractivity contribution in [3.63, 3.8) is 0 Å². The Bertz CT molecular complexity index is 825. The summed E-state index contributed by atoms with van der Waals surface area (Å²) in [6, 6.07) is 8.91. The maximum absolute atomic E-state index is 10.9. The molecule has 1 N–H and O–H groups in total. The Kier molecular flexibility index (Phi) is 6.25. The quantitative estimate of drug-likeness (QED) is 0.590. The molecule has 0 spiro atoms. The van der Waals surface area contributed by atoms with Crippen molar-refractivity contribution in [1.29, 1.82) is 0 Å². The highest BCUT2D eigenvalue weighted by Gasteiger charge is 2.23. The molecule has 0 atom stereocenters. The van der Waals surface area contributed by atoms with Crippen molar-refractivity contribution in [2.45, 2.75) is 37.1 Å². The van der Waals surface area contributed by atoms with Crippen molar-refractivity contribution in [3.05, 3.63) is 47.2 Å². The predicted molar refractivity (Wildman–Crippen MR) is 110 cm³/mol. The zero-order valence-corrected chi connectivity index (χ0v) is 17.8. The number of aromatic nitrogens is 2. The van der Waals surface area contributed by atoms with Crippen LogP contribution in [0.3, 0.4) is 0 Å². The third kappa shape index (κ3) is 5.23. The number of carboxylic acid groups (broad SMARTS) is 1. The number of quaternary nitrogens is 1. The minimum absolute atomic E-state index is 0.0546. The second kappa shape index (κ2) is 8.49. The van der Waals surface area contributed by atoms with Crippen LogP contribution in [0.4, 0.5) is 5.82 Å². The van der Waals surface area contributed by atoms with Gasteiger partial charge in [0.15, 0.2) is 5.16 Å². The minimum atomic E-state index is -1.15. The summed E-state index contributed by atoms with van der Waals surface area (Å²) in [6.45, 7) is 10.7. The minimum Gasteiger partial charge on any atom is -0.545 e. The molecule has 2 heterocycles. The van der Waals surface area contributed by atoms with Gasteiger partial charge in [-0.25, -0.2) is 9.97 Å². The monoisotopic (exact) mass is 400 g/mol. The van der Waals surface area contributed by atoms with E-state index >= 15 is 0 Å². The number of carbonyl (C=O) groups is 1. The first-order valence-electron chi connectivity index (χ1n) is 9.61. The number of hydrogen-bond acceptors (Lipinski definition) is 6. The molecule has 0 amide bonds. The number of anilines is 1. The lowest BCUT2D eigenvalue weighted by Crippen LogP contribution is -3.12. The Labute approximate surface area is 171 Å². The second-order valence-corrected chi connectivity index (χ2v) is 9.30. The van der Waals surface area contributed by atoms with Crippen molar-refractivity contribution in [2.24, 2.45) is 0 Å². The highest BCUT2D eigenvalue weighted by molar-refractivity contribution is 7.98. The highest BCUT2D eigenvalue weighted by Crippen LogP contribution is 2.28. The van der Waals surface area contributed by atoms with Crippen LogP contribution in [0.1, 0.15) is 42.4 Å². The zero-order chi connectivity index (χ0) is 20.3. The van der Waals surface area contributed by atoms with E-state index in [0.29, 0.717) is 5.75 Å². The van der Waals surface area contributed by atoms with Gasteiger partial charge in [0.05, 0.1) is 44.9 Å². The van der Waals surface area contributed by atoms with E-state index in [2.05, 4.69) is 38.8 Å². The number of rotatable bonds is 5. The van der Waals surface area contributed by atoms with E-state index in [9.17, 15) is 9.90 Å². The lowest BCUT2D eigenvalue weighted by Gasteiger charge is -2.31. The molecular weight excluding hydrogens is 372 g/mol. The molecule has 1 aromatic heterocycles. The molecule has 7 heteroatoms. The van der Waals surface area contributed by atoms with Gasteiger partial charge in [-0.3, -0.25) is 0 Å². The molecular formula is C21H28N4O2S. The van der Waals surface area contributed by atoms with Gasteiger partial charge in [0.25, 0.3) is 0 Å². The SMILES string of the molecule is C[NH+]1CCN(c2cc(C(C)(C)C)nc(SCc3ccc(C(=O)[O-])cc3)n2)CC1. The van der Waals surface area contributed by atoms with Gasteiger partial charge in [0.2, 0.25) is 0 Å². The van der Waals surface area contributed by atoms with Crippen LogP contribution in [-0.4, -0.2) is 49.2 Å². The van der Waals surface area contributed by atoms with E-state index in [0.717, 1.165) is 48.4 Å². The van der Waals surface area contributed by atoms with Crippen LogP contribution in [0, 0.1) is 0 Å². The normalized spacial score (nSPS) is 15.6. The van der Waals surface area contributed by atoms with Gasteiger partial charge in [0.1, 0.15) is 5.82 Å². The van der Waals surface area contributed by atoms with Gasteiger partial charge in [-0.2, -0.15) is 0 Å². The van der Waals surface area contributed by atoms with E-state index in [1.165, 1.54) is 0 Å². The molecule has 0 aliphatic carbocycles. The average molecular weight is 401 g/mol. The number of piperazine rings is 1. The van der Waals surface area contributed by atoms with Crippen LogP contribution in [0.25, 0.3) is 0 Å². The molecule has 150 valence electrons. The van der Waals surface area contributed by atoms with Crippen molar-refractivity contribution >= 4 is 23.5 Å². The van der Waals surface area contributed by atoms with Crippen LogP contribution in [-0.2, 0) is 11.2 Å². The first-order valence-corrected chi connectivity index (χ1v) is 10.6. The summed E-state index contributed by atoms with van der Waals surface area (Å²) in [5.74, 6) is 0.536. The van der Waals surface area contributed by atoms with E-state index in [4.69, 9.17) is 9.97 Å². The van der Waals surface area contributed by atoms with E-state index in [-0.39, 0.29) is 11.0 Å². The largest absolute Gasteiger partial charge is 0.545 e. The molecule has 1 fully saturated rings. The van der Waals surface area contributed by atoms with Gasteiger partial charge in [-0.15, -0.1) is 0 Å². The van der Waals surface area contributed by atoms with E-state index < -0.39 is 5.97 Å². The molecule has 1 aliphatic heterocycles. The van der Waals surface area contributed by atoms with Crippen molar-refractivity contribution in [2.75, 3.05) is 38.1 Å². The zero-order valence-electron chi connectivity index (χ0n) is 17.0. The highest BCUT2D eigenvalue weighted by atomic mass is 32.2. The third-order valence-electron chi connectivity index (χ3n) is 4.96. The number of carbonyl (C=O) groups excluding carboxylic acids is 1. The van der Waals surface area contributed by atoms with Gasteiger partial charge in [-0.05, 0) is 11.1 Å². The van der Waals surface area contributed by atoms with Gasteiger partial charge < -0.3 is 19.7 Å². The van der Waals surface area contributed by atoms with Crippen molar-refractivity contribution in [1.82, 2.24) is 9.97 Å². The molecule has 0 saturated carbocycles. The van der Waals surface area contributed by atoms with Gasteiger partial charge >= 0.3 is 0 Å². The van der Waals surface area contributed by atoms with E-state index in [1.807, 2.05) is 12.1 Å².